The third-order valence-electron chi connectivity index (χ3n) is 11.4. The molecule has 0 aliphatic rings. The Labute approximate surface area is 326 Å². The fraction of sp³-hybridized carbons (Fsp3) is 0.875. The van der Waals surface area contributed by atoms with Gasteiger partial charge in [0.2, 0.25) is 5.75 Å². The minimum absolute atomic E-state index is 0.733. The van der Waals surface area contributed by atoms with Gasteiger partial charge >= 0.3 is 0 Å². The quantitative estimate of drug-likeness (QED) is 0.0497. The van der Waals surface area contributed by atoms with Crippen molar-refractivity contribution >= 4 is 0 Å². The average molecular weight is 731 g/mol. The average Bonchev–Trinajstić information content (AvgIpc) is 3.15. The van der Waals surface area contributed by atoms with Crippen molar-refractivity contribution in [2.24, 2.45) is 0 Å². The van der Waals surface area contributed by atoms with Gasteiger partial charge in [-0.2, -0.15) is 0 Å². The van der Waals surface area contributed by atoms with Crippen molar-refractivity contribution in [2.45, 2.75) is 234 Å². The predicted molar refractivity (Wildman–Crippen MR) is 229 cm³/mol. The zero-order chi connectivity index (χ0) is 37.8. The minimum atomic E-state index is 0.733. The minimum Gasteiger partial charge on any atom is -0.490 e. The van der Waals surface area contributed by atoms with Crippen LogP contribution in [-0.4, -0.2) is 44.4 Å². The number of hydrogen-bond donors (Lipinski definition) is 0. The van der Waals surface area contributed by atoms with Crippen LogP contribution in [0.15, 0.2) is 12.1 Å². The maximum Gasteiger partial charge on any atom is 0.203 e. The van der Waals surface area contributed by atoms with E-state index in [4.69, 9.17) is 14.2 Å². The van der Waals surface area contributed by atoms with Gasteiger partial charge in [-0.3, -0.25) is 0 Å². The van der Waals surface area contributed by atoms with E-state index in [2.05, 4.69) is 53.8 Å². The molecule has 52 heavy (non-hydrogen) atoms. The maximum atomic E-state index is 6.62. The lowest BCUT2D eigenvalue weighted by atomic mass is 10.1. The highest BCUT2D eigenvalue weighted by atomic mass is 16.5. The molecule has 4 heteroatoms. The maximum absolute atomic E-state index is 6.62. The van der Waals surface area contributed by atoms with E-state index in [1.165, 1.54) is 179 Å². The first-order valence-electron chi connectivity index (χ1n) is 23.4. The van der Waals surface area contributed by atoms with Crippen molar-refractivity contribution in [1.29, 1.82) is 0 Å². The molecule has 0 N–H and O–H groups in total. The van der Waals surface area contributed by atoms with E-state index in [-0.39, 0.29) is 0 Å². The molecule has 0 saturated heterocycles. The van der Waals surface area contributed by atoms with Gasteiger partial charge in [-0.1, -0.05) is 194 Å². The largest absolute Gasteiger partial charge is 0.490 e. The zero-order valence-electron chi connectivity index (χ0n) is 36.3. The Morgan fingerprint density at radius 1 is 0.365 bits per heavy atom. The van der Waals surface area contributed by atoms with Crippen LogP contribution in [0.3, 0.4) is 0 Å². The topological polar surface area (TPSA) is 27.7 Å². The van der Waals surface area contributed by atoms with Crippen LogP contribution in [0.1, 0.15) is 233 Å². The van der Waals surface area contributed by atoms with E-state index >= 15 is 0 Å². The van der Waals surface area contributed by atoms with Crippen LogP contribution in [0.2, 0.25) is 0 Å². The first kappa shape index (κ1) is 48.6. The number of rotatable bonds is 40. The molecule has 0 unspecified atom stereocenters. The van der Waals surface area contributed by atoms with Gasteiger partial charge < -0.3 is 18.7 Å². The van der Waals surface area contributed by atoms with E-state index in [0.717, 1.165) is 80.4 Å². The summed E-state index contributed by atoms with van der Waals surface area (Å²) in [5.41, 5.74) is 1.30. The van der Waals surface area contributed by atoms with E-state index < -0.39 is 0 Å². The highest BCUT2D eigenvalue weighted by Gasteiger charge is 2.22. The van der Waals surface area contributed by atoms with Crippen molar-refractivity contribution in [3.63, 3.8) is 0 Å². The zero-order valence-corrected chi connectivity index (χ0v) is 36.3. The Morgan fingerprint density at radius 3 is 0.923 bits per heavy atom. The molecular weight excluding hydrogens is 639 g/mol. The van der Waals surface area contributed by atoms with Gasteiger partial charge in [-0.25, -0.2) is 0 Å². The SMILES string of the molecule is CCCCCCCCCCCCOc1cc(C[N+](C)(CC)CC)cc(OCCCCCCCCCCCC)c1OCCCCCCCCCCCC. The second kappa shape index (κ2) is 35.3. The fourth-order valence-corrected chi connectivity index (χ4v) is 7.27. The lowest BCUT2D eigenvalue weighted by molar-refractivity contribution is -0.919. The van der Waals surface area contributed by atoms with Crippen LogP contribution in [0.25, 0.3) is 0 Å². The Morgan fingerprint density at radius 2 is 0.635 bits per heavy atom. The molecular formula is C48H92NO3+. The predicted octanol–water partition coefficient (Wildman–Crippen LogP) is 15.6. The lowest BCUT2D eigenvalue weighted by Crippen LogP contribution is -2.42. The van der Waals surface area contributed by atoms with E-state index in [0.29, 0.717) is 0 Å². The van der Waals surface area contributed by atoms with Crippen LogP contribution < -0.4 is 14.2 Å². The van der Waals surface area contributed by atoms with Crippen molar-refractivity contribution in [3.05, 3.63) is 17.7 Å². The second-order valence-corrected chi connectivity index (χ2v) is 16.4. The van der Waals surface area contributed by atoms with Gasteiger partial charge in [0.15, 0.2) is 11.5 Å². The first-order chi connectivity index (χ1) is 25.5. The number of unbranched alkanes of at least 4 members (excludes halogenated alkanes) is 27. The van der Waals surface area contributed by atoms with Gasteiger partial charge in [0.05, 0.1) is 40.0 Å². The van der Waals surface area contributed by atoms with Crippen LogP contribution in [0.4, 0.5) is 0 Å². The lowest BCUT2D eigenvalue weighted by Gasteiger charge is -2.32. The molecule has 0 atom stereocenters. The Kier molecular flexibility index (Phi) is 33.0. The summed E-state index contributed by atoms with van der Waals surface area (Å²) < 4.78 is 20.9. The number of benzene rings is 1. The van der Waals surface area contributed by atoms with Gasteiger partial charge in [0, 0.05) is 5.56 Å². The molecule has 0 saturated carbocycles. The smallest absolute Gasteiger partial charge is 0.203 e. The Bertz CT molecular complexity index is 851. The van der Waals surface area contributed by atoms with Gasteiger partial charge in [0.25, 0.3) is 0 Å². The molecule has 306 valence electrons. The Balaban J connectivity index is 2.82. The number of nitrogens with zero attached hydrogens (tertiary/aromatic N) is 1. The third kappa shape index (κ3) is 26.4. The molecule has 0 radical (unpaired) electrons. The van der Waals surface area contributed by atoms with E-state index in [1.54, 1.807) is 0 Å². The van der Waals surface area contributed by atoms with Crippen LogP contribution >= 0.6 is 0 Å². The molecule has 0 aliphatic heterocycles. The second-order valence-electron chi connectivity index (χ2n) is 16.4. The van der Waals surface area contributed by atoms with Gasteiger partial charge in [0.1, 0.15) is 6.54 Å². The molecule has 0 amide bonds. The summed E-state index contributed by atoms with van der Waals surface area (Å²) in [5, 5.41) is 0. The summed E-state index contributed by atoms with van der Waals surface area (Å²) in [6.45, 7) is 16.9. The highest BCUT2D eigenvalue weighted by Crippen LogP contribution is 2.40. The van der Waals surface area contributed by atoms with Crippen molar-refractivity contribution in [2.75, 3.05) is 40.0 Å². The summed E-state index contributed by atoms with van der Waals surface area (Å²) in [6.07, 6.45) is 40.0. The van der Waals surface area contributed by atoms with E-state index in [1.807, 2.05) is 0 Å². The van der Waals surface area contributed by atoms with Gasteiger partial charge in [-0.15, -0.1) is 0 Å². The Hall–Kier alpha value is -1.42. The van der Waals surface area contributed by atoms with Crippen molar-refractivity contribution < 1.29 is 18.7 Å². The van der Waals surface area contributed by atoms with Crippen molar-refractivity contribution in [3.8, 4) is 17.2 Å². The molecule has 0 aromatic heterocycles. The monoisotopic (exact) mass is 731 g/mol. The summed E-state index contributed by atoms with van der Waals surface area (Å²) >= 11 is 0. The summed E-state index contributed by atoms with van der Waals surface area (Å²) in [5.74, 6) is 2.65. The molecule has 0 bridgehead atoms. The summed E-state index contributed by atoms with van der Waals surface area (Å²) in [4.78, 5) is 0. The molecule has 4 nitrogen and oxygen atoms in total. The van der Waals surface area contributed by atoms with Crippen LogP contribution in [0.5, 0.6) is 17.2 Å². The molecule has 1 aromatic rings. The molecule has 0 aliphatic carbocycles. The molecule has 0 spiro atoms. The van der Waals surface area contributed by atoms with E-state index in [9.17, 15) is 0 Å². The molecule has 0 heterocycles. The van der Waals surface area contributed by atoms with Crippen molar-refractivity contribution in [1.82, 2.24) is 0 Å². The summed E-state index contributed by atoms with van der Waals surface area (Å²) in [7, 11) is 2.37. The first-order valence-corrected chi connectivity index (χ1v) is 23.4. The fourth-order valence-electron chi connectivity index (χ4n) is 7.27. The number of quaternary nitrogens is 1. The molecule has 0 fully saturated rings. The molecule has 1 rings (SSSR count). The molecule has 1 aromatic carbocycles. The third-order valence-corrected chi connectivity index (χ3v) is 11.4. The van der Waals surface area contributed by atoms with Gasteiger partial charge in [-0.05, 0) is 45.2 Å². The number of ether oxygens (including phenoxy) is 3. The van der Waals surface area contributed by atoms with Crippen LogP contribution in [-0.2, 0) is 6.54 Å². The van der Waals surface area contributed by atoms with Crippen LogP contribution in [0, 0.1) is 0 Å². The standard InChI is InChI=1S/C48H92NO3/c1-7-12-15-18-21-24-27-30-33-36-39-50-46-42-45(44-49(6,10-4)11-5)43-47(51-40-37-34-31-28-25-22-19-16-13-8-2)48(46)52-41-38-35-32-29-26-23-20-17-14-9-3/h42-43H,7-41,44H2,1-6H3/q+1. The highest BCUT2D eigenvalue weighted by molar-refractivity contribution is 5.54. The normalized spacial score (nSPS) is 11.7. The summed E-state index contributed by atoms with van der Waals surface area (Å²) in [6, 6.07) is 4.55. The number of hydrogen-bond acceptors (Lipinski definition) is 3.